The van der Waals surface area contributed by atoms with E-state index >= 15 is 0 Å². The van der Waals surface area contributed by atoms with Gasteiger partial charge in [0.05, 0.1) is 6.42 Å². The Morgan fingerprint density at radius 3 is 2.24 bits per heavy atom. The molecule has 0 unspecified atom stereocenters. The normalized spacial score (nSPS) is 11.2. The number of rotatable bonds is 4. The molecule has 0 aliphatic rings. The molecule has 1 aromatic carbocycles. The van der Waals surface area contributed by atoms with Gasteiger partial charge in [0, 0.05) is 0 Å². The van der Waals surface area contributed by atoms with Crippen molar-refractivity contribution in [3.05, 3.63) is 34.6 Å². The number of hydrogen-bond acceptors (Lipinski definition) is 1. The lowest BCUT2D eigenvalue weighted by Crippen LogP contribution is -2.11. The van der Waals surface area contributed by atoms with E-state index in [-0.39, 0.29) is 24.1 Å². The molecule has 0 saturated heterocycles. The van der Waals surface area contributed by atoms with Gasteiger partial charge in [0.25, 0.3) is 0 Å². The minimum Gasteiger partial charge on any atom is -0.481 e. The van der Waals surface area contributed by atoms with Gasteiger partial charge in [-0.15, -0.1) is 0 Å². The Labute approximate surface area is 101 Å². The lowest BCUT2D eigenvalue weighted by molar-refractivity contribution is -0.136. The molecule has 0 spiro atoms. The Morgan fingerprint density at radius 2 is 1.82 bits per heavy atom. The molecule has 1 N–H and O–H groups in total. The highest BCUT2D eigenvalue weighted by atomic mass is 19.1. The molecule has 0 radical (unpaired) electrons. The molecule has 1 aromatic rings. The van der Waals surface area contributed by atoms with E-state index < -0.39 is 5.97 Å². The molecule has 2 nitrogen and oxygen atoms in total. The van der Waals surface area contributed by atoms with Gasteiger partial charge < -0.3 is 5.11 Å². The zero-order valence-corrected chi connectivity index (χ0v) is 10.7. The number of benzene rings is 1. The van der Waals surface area contributed by atoms with Crippen molar-refractivity contribution in [1.29, 1.82) is 0 Å². The molecular formula is C14H19FO2. The Hall–Kier alpha value is -1.38. The summed E-state index contributed by atoms with van der Waals surface area (Å²) in [5.41, 5.74) is 2.11. The van der Waals surface area contributed by atoms with Gasteiger partial charge >= 0.3 is 5.97 Å². The third kappa shape index (κ3) is 3.05. The Morgan fingerprint density at radius 1 is 1.24 bits per heavy atom. The molecule has 0 atom stereocenters. The highest BCUT2D eigenvalue weighted by Crippen LogP contribution is 2.30. The van der Waals surface area contributed by atoms with Crippen molar-refractivity contribution in [2.75, 3.05) is 0 Å². The first-order chi connectivity index (χ1) is 7.84. The lowest BCUT2D eigenvalue weighted by atomic mass is 9.87. The molecule has 0 aliphatic carbocycles. The minimum absolute atomic E-state index is 0.0111. The number of carboxylic acid groups (broad SMARTS) is 1. The van der Waals surface area contributed by atoms with Gasteiger partial charge in [0.1, 0.15) is 5.82 Å². The summed E-state index contributed by atoms with van der Waals surface area (Å²) in [7, 11) is 0. The summed E-state index contributed by atoms with van der Waals surface area (Å²) >= 11 is 0. The van der Waals surface area contributed by atoms with E-state index in [1.807, 2.05) is 27.7 Å². The fourth-order valence-corrected chi connectivity index (χ4v) is 2.17. The summed E-state index contributed by atoms with van der Waals surface area (Å²) in [6.45, 7) is 7.74. The van der Waals surface area contributed by atoms with E-state index in [2.05, 4.69) is 0 Å². The topological polar surface area (TPSA) is 37.3 Å². The van der Waals surface area contributed by atoms with Crippen LogP contribution in [-0.2, 0) is 11.2 Å². The Bertz CT molecular complexity index is 422. The molecule has 0 aromatic heterocycles. The summed E-state index contributed by atoms with van der Waals surface area (Å²) in [6.07, 6.45) is -0.112. The number of hydrogen-bond donors (Lipinski definition) is 1. The SMILES string of the molecule is CC(C)c1ccc(F)c(C(C)C)c1CC(=O)O. The molecular weight excluding hydrogens is 219 g/mol. The van der Waals surface area contributed by atoms with E-state index in [1.54, 1.807) is 6.07 Å². The first kappa shape index (κ1) is 13.7. The van der Waals surface area contributed by atoms with Crippen LogP contribution in [0.15, 0.2) is 12.1 Å². The third-order valence-electron chi connectivity index (χ3n) is 2.87. The highest BCUT2D eigenvalue weighted by Gasteiger charge is 2.19. The molecule has 0 amide bonds. The quantitative estimate of drug-likeness (QED) is 0.868. The average molecular weight is 238 g/mol. The zero-order chi connectivity index (χ0) is 13.2. The van der Waals surface area contributed by atoms with E-state index in [1.165, 1.54) is 6.07 Å². The van der Waals surface area contributed by atoms with Gasteiger partial charge in [-0.2, -0.15) is 0 Å². The summed E-state index contributed by atoms with van der Waals surface area (Å²) in [5, 5.41) is 8.95. The van der Waals surface area contributed by atoms with Gasteiger partial charge in [-0.3, -0.25) is 4.79 Å². The van der Waals surface area contributed by atoms with Gasteiger partial charge in [-0.05, 0) is 34.6 Å². The van der Waals surface area contributed by atoms with Gasteiger partial charge in [-0.25, -0.2) is 4.39 Å². The summed E-state index contributed by atoms with van der Waals surface area (Å²) in [5.74, 6) is -1.04. The number of aliphatic carboxylic acids is 1. The largest absolute Gasteiger partial charge is 0.481 e. The van der Waals surface area contributed by atoms with Crippen LogP contribution in [0.2, 0.25) is 0 Å². The van der Waals surface area contributed by atoms with Crippen LogP contribution in [0.5, 0.6) is 0 Å². The number of carboxylic acids is 1. The fraction of sp³-hybridized carbons (Fsp3) is 0.500. The van der Waals surface area contributed by atoms with Crippen molar-refractivity contribution < 1.29 is 14.3 Å². The minimum atomic E-state index is -0.917. The maximum absolute atomic E-state index is 13.8. The summed E-state index contributed by atoms with van der Waals surface area (Å²) in [6, 6.07) is 3.14. The van der Waals surface area contributed by atoms with E-state index in [4.69, 9.17) is 5.11 Å². The summed E-state index contributed by atoms with van der Waals surface area (Å²) in [4.78, 5) is 10.9. The second kappa shape index (κ2) is 5.30. The smallest absolute Gasteiger partial charge is 0.307 e. The molecule has 0 aliphatic heterocycles. The molecule has 0 bridgehead atoms. The molecule has 17 heavy (non-hydrogen) atoms. The number of halogens is 1. The molecule has 1 rings (SSSR count). The molecule has 94 valence electrons. The Kier molecular flexibility index (Phi) is 4.27. The van der Waals surface area contributed by atoms with Crippen LogP contribution in [0.4, 0.5) is 4.39 Å². The van der Waals surface area contributed by atoms with Gasteiger partial charge in [-0.1, -0.05) is 33.8 Å². The van der Waals surface area contributed by atoms with Crippen molar-refractivity contribution in [3.63, 3.8) is 0 Å². The molecule has 0 saturated carbocycles. The van der Waals surface area contributed by atoms with Crippen LogP contribution in [0, 0.1) is 5.82 Å². The summed E-state index contributed by atoms with van der Waals surface area (Å²) < 4.78 is 13.8. The van der Waals surface area contributed by atoms with Crippen LogP contribution < -0.4 is 0 Å². The second-order valence-corrected chi connectivity index (χ2v) is 4.91. The van der Waals surface area contributed by atoms with Crippen LogP contribution in [0.3, 0.4) is 0 Å². The van der Waals surface area contributed by atoms with Gasteiger partial charge in [0.15, 0.2) is 0 Å². The van der Waals surface area contributed by atoms with Crippen LogP contribution in [0.1, 0.15) is 56.2 Å². The van der Waals surface area contributed by atoms with Crippen LogP contribution in [-0.4, -0.2) is 11.1 Å². The third-order valence-corrected chi connectivity index (χ3v) is 2.87. The predicted octanol–water partition coefficient (Wildman–Crippen LogP) is 3.70. The van der Waals surface area contributed by atoms with E-state index in [9.17, 15) is 9.18 Å². The van der Waals surface area contributed by atoms with Crippen LogP contribution >= 0.6 is 0 Å². The van der Waals surface area contributed by atoms with Crippen LogP contribution in [0.25, 0.3) is 0 Å². The molecule has 3 heteroatoms. The van der Waals surface area contributed by atoms with Crippen molar-refractivity contribution in [2.45, 2.75) is 46.0 Å². The molecule has 0 fully saturated rings. The standard InChI is InChI=1S/C14H19FO2/c1-8(2)10-5-6-12(15)14(9(3)4)11(10)7-13(16)17/h5-6,8-9H,7H2,1-4H3,(H,16,17). The Balaban J connectivity index is 3.43. The average Bonchev–Trinajstić information content (AvgIpc) is 2.15. The maximum Gasteiger partial charge on any atom is 0.307 e. The van der Waals surface area contributed by atoms with E-state index in [0.29, 0.717) is 11.1 Å². The predicted molar refractivity (Wildman–Crippen MR) is 65.9 cm³/mol. The lowest BCUT2D eigenvalue weighted by Gasteiger charge is -2.19. The fourth-order valence-electron chi connectivity index (χ4n) is 2.17. The maximum atomic E-state index is 13.8. The monoisotopic (exact) mass is 238 g/mol. The van der Waals surface area contributed by atoms with Crippen molar-refractivity contribution in [1.82, 2.24) is 0 Å². The van der Waals surface area contributed by atoms with E-state index in [0.717, 1.165) is 5.56 Å². The number of carbonyl (C=O) groups is 1. The highest BCUT2D eigenvalue weighted by molar-refractivity contribution is 5.71. The molecule has 0 heterocycles. The van der Waals surface area contributed by atoms with Gasteiger partial charge in [0.2, 0.25) is 0 Å². The second-order valence-electron chi connectivity index (χ2n) is 4.91. The first-order valence-corrected chi connectivity index (χ1v) is 5.87. The first-order valence-electron chi connectivity index (χ1n) is 5.87. The van der Waals surface area contributed by atoms with Crippen molar-refractivity contribution in [2.24, 2.45) is 0 Å². The zero-order valence-electron chi connectivity index (χ0n) is 10.7. The van der Waals surface area contributed by atoms with Crippen molar-refractivity contribution >= 4 is 5.97 Å². The van der Waals surface area contributed by atoms with Crippen molar-refractivity contribution in [3.8, 4) is 0 Å².